The first-order chi connectivity index (χ1) is 12.6. The average Bonchev–Trinajstić information content (AvgIpc) is 2.57. The summed E-state index contributed by atoms with van der Waals surface area (Å²) in [5, 5.41) is 7.97. The van der Waals surface area contributed by atoms with Crippen molar-refractivity contribution in [2.24, 2.45) is 5.14 Å². The molecule has 0 unspecified atom stereocenters. The number of aryl methyl sites for hydroxylation is 2. The number of carbonyl (C=O) groups is 1. The van der Waals surface area contributed by atoms with Gasteiger partial charge in [0.2, 0.25) is 15.9 Å². The monoisotopic (exact) mass is 389 g/mol. The Kier molecular flexibility index (Phi) is 7.12. The Balaban J connectivity index is 1.77. The number of primary sulfonamides is 1. The van der Waals surface area contributed by atoms with Crippen molar-refractivity contribution < 1.29 is 13.2 Å². The van der Waals surface area contributed by atoms with Gasteiger partial charge in [0.1, 0.15) is 0 Å². The first-order valence-electron chi connectivity index (χ1n) is 8.78. The first kappa shape index (κ1) is 21.1. The number of nitrogens with zero attached hydrogens (tertiary/aromatic N) is 1. The number of nitrogens with one attached hydrogen (secondary N) is 1. The molecule has 2 rings (SSSR count). The maximum Gasteiger partial charge on any atom is 0.238 e. The van der Waals surface area contributed by atoms with Crippen molar-refractivity contribution in [2.45, 2.75) is 31.7 Å². The molecular weight excluding hydrogens is 362 g/mol. The van der Waals surface area contributed by atoms with Crippen LogP contribution in [-0.2, 0) is 27.8 Å². The Morgan fingerprint density at radius 1 is 1.11 bits per heavy atom. The summed E-state index contributed by atoms with van der Waals surface area (Å²) in [5.41, 5.74) is 4.61. The van der Waals surface area contributed by atoms with Gasteiger partial charge in [0.25, 0.3) is 0 Å². The lowest BCUT2D eigenvalue weighted by atomic mass is 10.1. The van der Waals surface area contributed by atoms with Gasteiger partial charge in [0.15, 0.2) is 0 Å². The second-order valence-electron chi connectivity index (χ2n) is 6.89. The van der Waals surface area contributed by atoms with Crippen molar-refractivity contribution in [3.05, 3.63) is 64.7 Å². The normalized spacial score (nSPS) is 11.6. The van der Waals surface area contributed by atoms with Crippen LogP contribution in [0.2, 0.25) is 0 Å². The molecule has 0 spiro atoms. The highest BCUT2D eigenvalue weighted by molar-refractivity contribution is 7.89. The summed E-state index contributed by atoms with van der Waals surface area (Å²) in [4.78, 5) is 14.2. The molecule has 27 heavy (non-hydrogen) atoms. The average molecular weight is 390 g/mol. The largest absolute Gasteiger partial charge is 0.355 e. The van der Waals surface area contributed by atoms with Gasteiger partial charge in [0.05, 0.1) is 11.4 Å². The highest BCUT2D eigenvalue weighted by Gasteiger charge is 2.09. The molecule has 146 valence electrons. The summed E-state index contributed by atoms with van der Waals surface area (Å²) in [6.07, 6.45) is 0.622. The summed E-state index contributed by atoms with van der Waals surface area (Å²) in [6.45, 7) is 5.67. The minimum atomic E-state index is -3.67. The van der Waals surface area contributed by atoms with Crippen LogP contribution < -0.4 is 10.5 Å². The van der Waals surface area contributed by atoms with E-state index in [1.54, 1.807) is 12.1 Å². The molecular formula is C20H27N3O3S. The van der Waals surface area contributed by atoms with Crippen molar-refractivity contribution in [2.75, 3.05) is 20.1 Å². The maximum atomic E-state index is 12.1. The molecule has 0 heterocycles. The standard InChI is InChI=1S/C20H27N3O3S/c1-15-4-7-18(16(2)12-15)13-23(3)14-20(24)22-11-10-17-5-8-19(9-6-17)27(21,25)26/h4-9,12H,10-11,13-14H2,1-3H3,(H,22,24)(H2,21,25,26). The smallest absolute Gasteiger partial charge is 0.238 e. The maximum absolute atomic E-state index is 12.1. The zero-order chi connectivity index (χ0) is 20.0. The van der Waals surface area contributed by atoms with Crippen molar-refractivity contribution in [1.29, 1.82) is 0 Å². The minimum Gasteiger partial charge on any atom is -0.355 e. The van der Waals surface area contributed by atoms with Crippen molar-refractivity contribution >= 4 is 15.9 Å². The third-order valence-corrected chi connectivity index (χ3v) is 5.27. The fourth-order valence-corrected chi connectivity index (χ4v) is 3.38. The highest BCUT2D eigenvalue weighted by Crippen LogP contribution is 2.12. The van der Waals surface area contributed by atoms with Gasteiger partial charge in [-0.15, -0.1) is 0 Å². The summed E-state index contributed by atoms with van der Waals surface area (Å²) >= 11 is 0. The van der Waals surface area contributed by atoms with Crippen LogP contribution in [-0.4, -0.2) is 39.4 Å². The van der Waals surface area contributed by atoms with Crippen LogP contribution in [0.1, 0.15) is 22.3 Å². The number of likely N-dealkylation sites (N-methyl/N-ethyl adjacent to an activating group) is 1. The van der Waals surface area contributed by atoms with Crippen LogP contribution in [0.5, 0.6) is 0 Å². The zero-order valence-electron chi connectivity index (χ0n) is 16.0. The van der Waals surface area contributed by atoms with Gasteiger partial charge in [-0.1, -0.05) is 35.9 Å². The van der Waals surface area contributed by atoms with E-state index in [2.05, 4.69) is 37.4 Å². The molecule has 3 N–H and O–H groups in total. The fraction of sp³-hybridized carbons (Fsp3) is 0.350. The Labute approximate surface area is 161 Å². The van der Waals surface area contributed by atoms with Crippen molar-refractivity contribution in [3.63, 3.8) is 0 Å². The van der Waals surface area contributed by atoms with Crippen molar-refractivity contribution in [1.82, 2.24) is 10.2 Å². The third kappa shape index (κ3) is 6.78. The summed E-state index contributed by atoms with van der Waals surface area (Å²) in [5.74, 6) is -0.0385. The van der Waals surface area contributed by atoms with Crippen LogP contribution in [0.15, 0.2) is 47.4 Å². The van der Waals surface area contributed by atoms with Gasteiger partial charge in [-0.2, -0.15) is 0 Å². The van der Waals surface area contributed by atoms with E-state index in [0.29, 0.717) is 26.1 Å². The fourth-order valence-electron chi connectivity index (χ4n) is 2.86. The number of benzene rings is 2. The molecule has 0 saturated carbocycles. The summed E-state index contributed by atoms with van der Waals surface area (Å²) in [7, 11) is -1.75. The molecule has 0 aliphatic rings. The first-order valence-corrected chi connectivity index (χ1v) is 10.3. The van der Waals surface area contributed by atoms with Gasteiger partial charge in [-0.25, -0.2) is 13.6 Å². The number of rotatable bonds is 8. The number of amides is 1. The van der Waals surface area contributed by atoms with E-state index in [9.17, 15) is 13.2 Å². The summed E-state index contributed by atoms with van der Waals surface area (Å²) in [6, 6.07) is 12.7. The van der Waals surface area contributed by atoms with Crippen LogP contribution >= 0.6 is 0 Å². The van der Waals surface area contributed by atoms with Gasteiger partial charge >= 0.3 is 0 Å². The van der Waals surface area contributed by atoms with Crippen LogP contribution in [0.25, 0.3) is 0 Å². The molecule has 2 aromatic carbocycles. The lowest BCUT2D eigenvalue weighted by molar-refractivity contribution is -0.122. The van der Waals surface area contributed by atoms with E-state index in [4.69, 9.17) is 5.14 Å². The van der Waals surface area contributed by atoms with Gasteiger partial charge in [-0.05, 0) is 56.1 Å². The lowest BCUT2D eigenvalue weighted by Gasteiger charge is -2.18. The molecule has 0 bridgehead atoms. The van der Waals surface area contributed by atoms with Crippen molar-refractivity contribution in [3.8, 4) is 0 Å². The second kappa shape index (κ2) is 9.12. The number of sulfonamides is 1. The van der Waals surface area contributed by atoms with E-state index in [1.807, 2.05) is 11.9 Å². The molecule has 0 radical (unpaired) electrons. The number of nitrogens with two attached hydrogens (primary N) is 1. The Morgan fingerprint density at radius 2 is 1.78 bits per heavy atom. The SMILES string of the molecule is Cc1ccc(CN(C)CC(=O)NCCc2ccc(S(N)(=O)=O)cc2)c(C)c1. The van der Waals surface area contributed by atoms with Gasteiger partial charge in [-0.3, -0.25) is 9.69 Å². The highest BCUT2D eigenvalue weighted by atomic mass is 32.2. The van der Waals surface area contributed by atoms with E-state index in [0.717, 1.165) is 5.56 Å². The minimum absolute atomic E-state index is 0.0385. The number of hydrogen-bond donors (Lipinski definition) is 2. The van der Waals surface area contributed by atoms with E-state index in [-0.39, 0.29) is 10.8 Å². The van der Waals surface area contributed by atoms with Crippen LogP contribution in [0.3, 0.4) is 0 Å². The molecule has 0 fully saturated rings. The third-order valence-electron chi connectivity index (χ3n) is 4.34. The van der Waals surface area contributed by atoms with E-state index >= 15 is 0 Å². The Morgan fingerprint density at radius 3 is 2.37 bits per heavy atom. The van der Waals surface area contributed by atoms with E-state index in [1.165, 1.54) is 28.8 Å². The number of hydrogen-bond acceptors (Lipinski definition) is 4. The molecule has 0 aromatic heterocycles. The van der Waals surface area contributed by atoms with Crippen LogP contribution in [0.4, 0.5) is 0 Å². The topological polar surface area (TPSA) is 92.5 Å². The number of carbonyl (C=O) groups excluding carboxylic acids is 1. The Bertz CT molecular complexity index is 893. The van der Waals surface area contributed by atoms with Gasteiger partial charge in [0, 0.05) is 13.1 Å². The van der Waals surface area contributed by atoms with Crippen LogP contribution in [0, 0.1) is 13.8 Å². The van der Waals surface area contributed by atoms with E-state index < -0.39 is 10.0 Å². The summed E-state index contributed by atoms with van der Waals surface area (Å²) < 4.78 is 22.5. The predicted octanol–water partition coefficient (Wildman–Crippen LogP) is 1.74. The quantitative estimate of drug-likeness (QED) is 0.719. The molecule has 1 amide bonds. The zero-order valence-corrected chi connectivity index (χ0v) is 16.8. The molecule has 2 aromatic rings. The molecule has 0 aliphatic carbocycles. The molecule has 6 nitrogen and oxygen atoms in total. The second-order valence-corrected chi connectivity index (χ2v) is 8.45. The lowest BCUT2D eigenvalue weighted by Crippen LogP contribution is -2.35. The molecule has 7 heteroatoms. The predicted molar refractivity (Wildman–Crippen MR) is 107 cm³/mol. The van der Waals surface area contributed by atoms with Gasteiger partial charge < -0.3 is 5.32 Å². The molecule has 0 saturated heterocycles. The Hall–Kier alpha value is -2.22. The molecule has 0 aliphatic heterocycles. The molecule has 0 atom stereocenters.